The molecule has 6 heterocycles. The van der Waals surface area contributed by atoms with E-state index in [0.717, 1.165) is 18.5 Å². The lowest BCUT2D eigenvalue weighted by Gasteiger charge is -2.53. The highest BCUT2D eigenvalue weighted by Gasteiger charge is 2.48. The van der Waals surface area contributed by atoms with Gasteiger partial charge in [-0.05, 0) is 25.0 Å². The molecular weight excluding hydrogens is 547 g/mol. The number of fused-ring (bicyclic) bond motifs is 1. The summed E-state index contributed by atoms with van der Waals surface area (Å²) < 4.78 is 70.0. The van der Waals surface area contributed by atoms with E-state index in [-0.39, 0.29) is 25.6 Å². The first-order chi connectivity index (χ1) is 19.6. The number of halogens is 5. The number of nitrogens with zero attached hydrogens (tertiary/aromatic N) is 7. The van der Waals surface area contributed by atoms with E-state index in [0.29, 0.717) is 48.1 Å². The Morgan fingerprint density at radius 3 is 2.61 bits per heavy atom. The topological polar surface area (TPSA) is 107 Å². The molecule has 4 aromatic heterocycles. The number of aromatic nitrogens is 5. The second-order valence-corrected chi connectivity index (χ2v) is 10.4. The summed E-state index contributed by atoms with van der Waals surface area (Å²) in [5.41, 5.74) is -1.49. The van der Waals surface area contributed by atoms with Crippen molar-refractivity contribution in [1.82, 2.24) is 34.5 Å². The Hall–Kier alpha value is -4.38. The molecule has 0 atom stereocenters. The third kappa shape index (κ3) is 4.59. The van der Waals surface area contributed by atoms with Gasteiger partial charge in [0.15, 0.2) is 11.5 Å². The predicted octanol–water partition coefficient (Wildman–Crippen LogP) is 4.35. The molecule has 0 aromatic carbocycles. The number of likely N-dealkylation sites (tertiary alicyclic amines) is 2. The molecule has 0 aliphatic carbocycles. The normalized spacial score (nSPS) is 17.9. The molecule has 212 valence electrons. The second-order valence-electron chi connectivity index (χ2n) is 10.4. The van der Waals surface area contributed by atoms with Crippen LogP contribution in [-0.4, -0.2) is 72.7 Å². The maximum Gasteiger partial charge on any atom is 0.436 e. The Morgan fingerprint density at radius 2 is 1.90 bits per heavy atom. The fraction of sp³-hybridized carbons (Fsp3) is 0.370. The third-order valence-electron chi connectivity index (χ3n) is 7.96. The standard InChI is InChI=1S/C27H23F5N8O/c28-20-12-36-24-18(1-8-35-24)21(20)16-11-37-40(13-16)26(5-6-33)14-39(15-26)17-3-9-38(10-4-17)25(41)19-2-7-34-23(22(19)29)27(30,31)32/h1-2,7-8,11-13,17H,3-5,9-10,14-15H2,(H,35,36). The molecule has 2 fully saturated rings. The van der Waals surface area contributed by atoms with E-state index in [4.69, 9.17) is 0 Å². The Bertz CT molecular complexity index is 1660. The highest BCUT2D eigenvalue weighted by molar-refractivity contribution is 5.94. The lowest BCUT2D eigenvalue weighted by atomic mass is 9.83. The largest absolute Gasteiger partial charge is 0.436 e. The summed E-state index contributed by atoms with van der Waals surface area (Å²) in [6, 6.07) is 4.99. The van der Waals surface area contributed by atoms with Crippen LogP contribution < -0.4 is 0 Å². The lowest BCUT2D eigenvalue weighted by molar-refractivity contribution is -0.143. The summed E-state index contributed by atoms with van der Waals surface area (Å²) in [5.74, 6) is -2.96. The average Bonchev–Trinajstić information content (AvgIpc) is 3.60. The highest BCUT2D eigenvalue weighted by atomic mass is 19.4. The minimum absolute atomic E-state index is 0.0612. The first-order valence-electron chi connectivity index (χ1n) is 12.9. The molecule has 1 amide bonds. The Morgan fingerprint density at radius 1 is 1.15 bits per heavy atom. The van der Waals surface area contributed by atoms with Crippen LogP contribution >= 0.6 is 0 Å². The Balaban J connectivity index is 1.13. The monoisotopic (exact) mass is 570 g/mol. The second kappa shape index (κ2) is 9.91. The minimum Gasteiger partial charge on any atom is -0.346 e. The minimum atomic E-state index is -5.00. The smallest absolute Gasteiger partial charge is 0.346 e. The molecule has 2 saturated heterocycles. The SMILES string of the molecule is N#CCC1(n2cc(-c3c(F)cnc4[nH]ccc34)cn2)CN(C2CCN(C(=O)c3ccnc(C(F)(F)F)c3F)CC2)C1. The first kappa shape index (κ1) is 26.8. The third-order valence-corrected chi connectivity index (χ3v) is 7.96. The number of hydrogen-bond acceptors (Lipinski definition) is 6. The number of pyridine rings is 2. The molecule has 9 nitrogen and oxygen atoms in total. The molecule has 2 aliphatic rings. The van der Waals surface area contributed by atoms with Gasteiger partial charge in [-0.3, -0.25) is 14.4 Å². The van der Waals surface area contributed by atoms with E-state index in [1.807, 2.05) is 0 Å². The van der Waals surface area contributed by atoms with Crippen molar-refractivity contribution in [2.24, 2.45) is 0 Å². The molecule has 6 rings (SSSR count). The summed E-state index contributed by atoms with van der Waals surface area (Å²) in [6.45, 7) is 1.50. The summed E-state index contributed by atoms with van der Waals surface area (Å²) in [6.07, 6.45) is 3.16. The van der Waals surface area contributed by atoms with Crippen molar-refractivity contribution >= 4 is 16.9 Å². The zero-order valence-electron chi connectivity index (χ0n) is 21.5. The number of nitrogens with one attached hydrogen (secondary N) is 1. The van der Waals surface area contributed by atoms with Gasteiger partial charge in [0.2, 0.25) is 0 Å². The maximum absolute atomic E-state index is 14.8. The molecule has 0 spiro atoms. The van der Waals surface area contributed by atoms with Crippen LogP contribution in [0.2, 0.25) is 0 Å². The summed E-state index contributed by atoms with van der Waals surface area (Å²) in [5, 5.41) is 14.7. The van der Waals surface area contributed by atoms with Crippen LogP contribution in [0.1, 0.15) is 35.3 Å². The number of piperidine rings is 1. The number of carbonyl (C=O) groups is 1. The number of hydrogen-bond donors (Lipinski definition) is 1. The van der Waals surface area contributed by atoms with Crippen LogP contribution in [0.25, 0.3) is 22.2 Å². The zero-order chi connectivity index (χ0) is 28.9. The van der Waals surface area contributed by atoms with Crippen molar-refractivity contribution in [2.75, 3.05) is 26.2 Å². The van der Waals surface area contributed by atoms with E-state index >= 15 is 0 Å². The molecule has 0 saturated carbocycles. The summed E-state index contributed by atoms with van der Waals surface area (Å²) >= 11 is 0. The van der Waals surface area contributed by atoms with Gasteiger partial charge in [-0.25, -0.2) is 18.7 Å². The molecule has 14 heteroatoms. The van der Waals surface area contributed by atoms with Crippen molar-refractivity contribution in [1.29, 1.82) is 5.26 Å². The number of nitriles is 1. The Labute approximate surface area is 230 Å². The molecule has 0 radical (unpaired) electrons. The van der Waals surface area contributed by atoms with Crippen molar-refractivity contribution < 1.29 is 26.7 Å². The van der Waals surface area contributed by atoms with Crippen LogP contribution in [0.5, 0.6) is 0 Å². The summed E-state index contributed by atoms with van der Waals surface area (Å²) in [4.78, 5) is 26.4. The van der Waals surface area contributed by atoms with Crippen molar-refractivity contribution in [2.45, 2.75) is 37.0 Å². The van der Waals surface area contributed by atoms with Crippen molar-refractivity contribution in [3.63, 3.8) is 0 Å². The number of H-pyrrole nitrogens is 1. The molecule has 4 aromatic rings. The fourth-order valence-corrected chi connectivity index (χ4v) is 5.85. The maximum atomic E-state index is 14.8. The van der Waals surface area contributed by atoms with Gasteiger partial charge in [0.1, 0.15) is 17.0 Å². The quantitative estimate of drug-likeness (QED) is 0.358. The van der Waals surface area contributed by atoms with E-state index < -0.39 is 40.5 Å². The fourth-order valence-electron chi connectivity index (χ4n) is 5.85. The molecule has 1 N–H and O–H groups in total. The van der Waals surface area contributed by atoms with Crippen molar-refractivity contribution in [3.05, 3.63) is 66.0 Å². The molecular formula is C27H23F5N8O. The molecule has 0 unspecified atom stereocenters. The first-order valence-corrected chi connectivity index (χ1v) is 12.9. The zero-order valence-corrected chi connectivity index (χ0v) is 21.5. The number of rotatable bonds is 5. The van der Waals surface area contributed by atoms with Gasteiger partial charge in [0.25, 0.3) is 5.91 Å². The van der Waals surface area contributed by atoms with E-state index in [1.54, 1.807) is 29.3 Å². The van der Waals surface area contributed by atoms with Gasteiger partial charge in [-0.15, -0.1) is 0 Å². The number of aromatic amines is 1. The number of amides is 1. The van der Waals surface area contributed by atoms with Crippen LogP contribution in [-0.2, 0) is 11.7 Å². The van der Waals surface area contributed by atoms with Gasteiger partial charge < -0.3 is 9.88 Å². The van der Waals surface area contributed by atoms with E-state index in [1.165, 1.54) is 4.90 Å². The van der Waals surface area contributed by atoms with Gasteiger partial charge in [0.05, 0.1) is 30.4 Å². The predicted molar refractivity (Wildman–Crippen MR) is 135 cm³/mol. The molecule has 41 heavy (non-hydrogen) atoms. The highest BCUT2D eigenvalue weighted by Crippen LogP contribution is 2.38. The van der Waals surface area contributed by atoms with E-state index in [2.05, 4.69) is 31.0 Å². The van der Waals surface area contributed by atoms with Crippen LogP contribution in [0.15, 0.2) is 43.1 Å². The summed E-state index contributed by atoms with van der Waals surface area (Å²) in [7, 11) is 0. The van der Waals surface area contributed by atoms with Gasteiger partial charge in [0, 0.05) is 67.3 Å². The van der Waals surface area contributed by atoms with Crippen LogP contribution in [0.4, 0.5) is 22.0 Å². The Kier molecular flexibility index (Phi) is 6.49. The number of carbonyl (C=O) groups excluding carboxylic acids is 1. The van der Waals surface area contributed by atoms with Gasteiger partial charge in [-0.2, -0.15) is 23.5 Å². The van der Waals surface area contributed by atoms with Crippen molar-refractivity contribution in [3.8, 4) is 17.2 Å². The van der Waals surface area contributed by atoms with Crippen LogP contribution in [0.3, 0.4) is 0 Å². The van der Waals surface area contributed by atoms with Gasteiger partial charge >= 0.3 is 6.18 Å². The average molecular weight is 571 g/mol. The number of alkyl halides is 3. The molecule has 2 aliphatic heterocycles. The van der Waals surface area contributed by atoms with Crippen LogP contribution in [0, 0.1) is 23.0 Å². The molecule has 0 bridgehead atoms. The van der Waals surface area contributed by atoms with Gasteiger partial charge in [-0.1, -0.05) is 0 Å². The lowest BCUT2D eigenvalue weighted by Crippen LogP contribution is -2.66. The van der Waals surface area contributed by atoms with E-state index in [9.17, 15) is 32.0 Å².